The van der Waals surface area contributed by atoms with Gasteiger partial charge in [-0.15, -0.1) is 11.8 Å². The molecular formula is C11H14F3NO2S. The summed E-state index contributed by atoms with van der Waals surface area (Å²) in [5, 5.41) is 17.8. The van der Waals surface area contributed by atoms with E-state index >= 15 is 0 Å². The quantitative estimate of drug-likeness (QED) is 0.717. The topological polar surface area (TPSA) is 66.5 Å². The molecule has 0 aliphatic carbocycles. The zero-order chi connectivity index (χ0) is 13.8. The number of hydrogen-bond acceptors (Lipinski definition) is 4. The van der Waals surface area contributed by atoms with Crippen molar-refractivity contribution in [3.05, 3.63) is 29.3 Å². The van der Waals surface area contributed by atoms with Crippen molar-refractivity contribution in [1.29, 1.82) is 0 Å². The van der Waals surface area contributed by atoms with Gasteiger partial charge in [0.25, 0.3) is 0 Å². The Balaban J connectivity index is 2.90. The van der Waals surface area contributed by atoms with E-state index in [-0.39, 0.29) is 17.9 Å². The maximum absolute atomic E-state index is 12.7. The van der Waals surface area contributed by atoms with Crippen molar-refractivity contribution in [2.24, 2.45) is 5.73 Å². The molecule has 0 bridgehead atoms. The second-order valence-electron chi connectivity index (χ2n) is 3.67. The third-order valence-electron chi connectivity index (χ3n) is 2.26. The first-order valence-electron chi connectivity index (χ1n) is 5.20. The molecule has 1 atom stereocenters. The van der Waals surface area contributed by atoms with Crippen molar-refractivity contribution in [3.8, 4) is 0 Å². The Labute approximate surface area is 107 Å². The number of benzene rings is 1. The van der Waals surface area contributed by atoms with Crippen LogP contribution in [0.5, 0.6) is 0 Å². The molecule has 1 aromatic rings. The number of alkyl halides is 3. The van der Waals surface area contributed by atoms with Crippen LogP contribution in [0.1, 0.15) is 11.1 Å². The molecule has 7 heteroatoms. The van der Waals surface area contributed by atoms with Gasteiger partial charge >= 0.3 is 6.18 Å². The van der Waals surface area contributed by atoms with E-state index in [0.717, 1.165) is 17.8 Å². The summed E-state index contributed by atoms with van der Waals surface area (Å²) in [6.45, 7) is -0.598. The van der Waals surface area contributed by atoms with Crippen molar-refractivity contribution in [1.82, 2.24) is 0 Å². The fourth-order valence-electron chi connectivity index (χ4n) is 1.33. The Kier molecular flexibility index (Phi) is 5.46. The van der Waals surface area contributed by atoms with Crippen LogP contribution in [-0.2, 0) is 12.7 Å². The van der Waals surface area contributed by atoms with Crippen LogP contribution in [0.25, 0.3) is 0 Å². The van der Waals surface area contributed by atoms with E-state index in [1.807, 2.05) is 0 Å². The van der Waals surface area contributed by atoms with Gasteiger partial charge in [-0.05, 0) is 17.7 Å². The van der Waals surface area contributed by atoms with E-state index in [1.54, 1.807) is 0 Å². The molecule has 1 aromatic carbocycles. The minimum absolute atomic E-state index is 0.0366. The van der Waals surface area contributed by atoms with Gasteiger partial charge in [0.1, 0.15) is 0 Å². The molecule has 0 saturated carbocycles. The lowest BCUT2D eigenvalue weighted by Gasteiger charge is -2.14. The van der Waals surface area contributed by atoms with Gasteiger partial charge in [0.2, 0.25) is 0 Å². The van der Waals surface area contributed by atoms with Gasteiger partial charge in [-0.2, -0.15) is 13.2 Å². The predicted octanol–water partition coefficient (Wildman–Crippen LogP) is 1.61. The van der Waals surface area contributed by atoms with Crippen LogP contribution < -0.4 is 5.73 Å². The number of aliphatic hydroxyl groups is 2. The Morgan fingerprint density at radius 1 is 1.33 bits per heavy atom. The van der Waals surface area contributed by atoms with Gasteiger partial charge in [-0.1, -0.05) is 6.07 Å². The molecule has 0 aliphatic heterocycles. The normalized spacial score (nSPS) is 13.7. The van der Waals surface area contributed by atoms with Crippen LogP contribution in [0, 0.1) is 0 Å². The first-order valence-corrected chi connectivity index (χ1v) is 6.19. The summed E-state index contributed by atoms with van der Waals surface area (Å²) in [5.74, 6) is 0.135. The standard InChI is InChI=1S/C11H14F3NO2S/c12-11(13,14)10-3-9(2-1-7(10)4-15)18-6-8(17)5-16/h1-3,8,16-17H,4-6,15H2. The highest BCUT2D eigenvalue weighted by atomic mass is 32.2. The smallest absolute Gasteiger partial charge is 0.394 e. The minimum Gasteiger partial charge on any atom is -0.394 e. The first-order chi connectivity index (χ1) is 8.38. The summed E-state index contributed by atoms with van der Waals surface area (Å²) >= 11 is 1.05. The molecule has 102 valence electrons. The number of hydrogen-bond donors (Lipinski definition) is 3. The molecule has 0 amide bonds. The Hall–Kier alpha value is -0.760. The van der Waals surface area contributed by atoms with Crippen LogP contribution in [0.3, 0.4) is 0 Å². The largest absolute Gasteiger partial charge is 0.416 e. The fraction of sp³-hybridized carbons (Fsp3) is 0.455. The minimum atomic E-state index is -4.44. The lowest BCUT2D eigenvalue weighted by atomic mass is 10.1. The molecule has 1 rings (SSSR count). The molecular weight excluding hydrogens is 267 g/mol. The van der Waals surface area contributed by atoms with E-state index in [2.05, 4.69) is 0 Å². The zero-order valence-electron chi connectivity index (χ0n) is 9.44. The molecule has 0 fully saturated rings. The lowest BCUT2D eigenvalue weighted by molar-refractivity contribution is -0.138. The number of rotatable bonds is 5. The second-order valence-corrected chi connectivity index (χ2v) is 4.76. The monoisotopic (exact) mass is 281 g/mol. The third kappa shape index (κ3) is 4.16. The summed E-state index contributed by atoms with van der Waals surface area (Å²) < 4.78 is 38.2. The molecule has 0 aliphatic rings. The average molecular weight is 281 g/mol. The Bertz CT molecular complexity index is 398. The summed E-state index contributed by atoms with van der Waals surface area (Å²) in [7, 11) is 0. The molecule has 0 spiro atoms. The van der Waals surface area contributed by atoms with Crippen molar-refractivity contribution in [2.45, 2.75) is 23.7 Å². The van der Waals surface area contributed by atoms with E-state index in [0.29, 0.717) is 4.90 Å². The van der Waals surface area contributed by atoms with Crippen molar-refractivity contribution >= 4 is 11.8 Å². The van der Waals surface area contributed by atoms with E-state index in [9.17, 15) is 13.2 Å². The van der Waals surface area contributed by atoms with Gasteiger partial charge in [-0.3, -0.25) is 0 Å². The van der Waals surface area contributed by atoms with Crippen LogP contribution >= 0.6 is 11.8 Å². The molecule has 4 N–H and O–H groups in total. The highest BCUT2D eigenvalue weighted by molar-refractivity contribution is 7.99. The lowest BCUT2D eigenvalue weighted by Crippen LogP contribution is -2.15. The van der Waals surface area contributed by atoms with E-state index < -0.39 is 24.5 Å². The zero-order valence-corrected chi connectivity index (χ0v) is 10.3. The summed E-state index contributed by atoms with van der Waals surface area (Å²) in [5.41, 5.74) is 4.54. The summed E-state index contributed by atoms with van der Waals surface area (Å²) in [6.07, 6.45) is -5.39. The van der Waals surface area contributed by atoms with Crippen molar-refractivity contribution < 1.29 is 23.4 Å². The predicted molar refractivity (Wildman–Crippen MR) is 63.2 cm³/mol. The highest BCUT2D eigenvalue weighted by Gasteiger charge is 2.33. The number of nitrogens with two attached hydrogens (primary N) is 1. The summed E-state index contributed by atoms with van der Waals surface area (Å²) in [4.78, 5) is 0.382. The van der Waals surface area contributed by atoms with E-state index in [4.69, 9.17) is 15.9 Å². The van der Waals surface area contributed by atoms with Gasteiger partial charge in [0.15, 0.2) is 0 Å². The summed E-state index contributed by atoms with van der Waals surface area (Å²) in [6, 6.07) is 3.86. The van der Waals surface area contributed by atoms with Gasteiger partial charge in [-0.25, -0.2) is 0 Å². The second kappa shape index (κ2) is 6.42. The fourth-order valence-corrected chi connectivity index (χ4v) is 2.19. The van der Waals surface area contributed by atoms with Crippen LogP contribution in [-0.4, -0.2) is 28.7 Å². The van der Waals surface area contributed by atoms with E-state index in [1.165, 1.54) is 12.1 Å². The van der Waals surface area contributed by atoms with Crippen LogP contribution in [0.2, 0.25) is 0 Å². The van der Waals surface area contributed by atoms with Gasteiger partial charge in [0, 0.05) is 17.2 Å². The molecule has 0 heterocycles. The highest BCUT2D eigenvalue weighted by Crippen LogP contribution is 2.34. The SMILES string of the molecule is NCc1ccc(SCC(O)CO)cc1C(F)(F)F. The number of aliphatic hydroxyl groups excluding tert-OH is 2. The number of halogens is 3. The molecule has 1 unspecified atom stereocenters. The van der Waals surface area contributed by atoms with Crippen LogP contribution in [0.4, 0.5) is 13.2 Å². The van der Waals surface area contributed by atoms with Gasteiger partial charge in [0.05, 0.1) is 18.3 Å². The molecule has 18 heavy (non-hydrogen) atoms. The van der Waals surface area contributed by atoms with Crippen molar-refractivity contribution in [3.63, 3.8) is 0 Å². The maximum Gasteiger partial charge on any atom is 0.416 e. The van der Waals surface area contributed by atoms with Gasteiger partial charge < -0.3 is 15.9 Å². The number of thioether (sulfide) groups is 1. The van der Waals surface area contributed by atoms with Crippen molar-refractivity contribution in [2.75, 3.05) is 12.4 Å². The molecule has 0 aromatic heterocycles. The van der Waals surface area contributed by atoms with Crippen LogP contribution in [0.15, 0.2) is 23.1 Å². The molecule has 0 saturated heterocycles. The Morgan fingerprint density at radius 2 is 2.00 bits per heavy atom. The first kappa shape index (κ1) is 15.3. The average Bonchev–Trinajstić information content (AvgIpc) is 2.34. The molecule has 3 nitrogen and oxygen atoms in total. The third-order valence-corrected chi connectivity index (χ3v) is 3.40. The maximum atomic E-state index is 12.7. The molecule has 0 radical (unpaired) electrons. The Morgan fingerprint density at radius 3 is 2.50 bits per heavy atom.